The fourth-order valence-electron chi connectivity index (χ4n) is 1.99. The Labute approximate surface area is 134 Å². The van der Waals surface area contributed by atoms with E-state index in [0.29, 0.717) is 0 Å². The maximum absolute atomic E-state index is 12.8. The summed E-state index contributed by atoms with van der Waals surface area (Å²) in [6, 6.07) is 9.61. The summed E-state index contributed by atoms with van der Waals surface area (Å²) in [7, 11) is 0. The van der Waals surface area contributed by atoms with Gasteiger partial charge in [-0.1, -0.05) is 42.2 Å². The number of hydrogen-bond acceptors (Lipinski definition) is 0. The highest BCUT2D eigenvalue weighted by molar-refractivity contribution is 5.58. The second kappa shape index (κ2) is 6.83. The molecule has 124 valence electrons. The first-order chi connectivity index (χ1) is 11.2. The van der Waals surface area contributed by atoms with Crippen molar-refractivity contribution in [2.24, 2.45) is 0 Å². The minimum absolute atomic E-state index is 0.108. The van der Waals surface area contributed by atoms with E-state index in [1.807, 2.05) is 0 Å². The molecular formula is C18H10F6. The van der Waals surface area contributed by atoms with Crippen molar-refractivity contribution in [3.8, 4) is 11.8 Å². The number of benzene rings is 2. The van der Waals surface area contributed by atoms with Gasteiger partial charge in [0.25, 0.3) is 0 Å². The van der Waals surface area contributed by atoms with Crippen LogP contribution in [0.1, 0.15) is 22.3 Å². The van der Waals surface area contributed by atoms with Gasteiger partial charge in [0, 0.05) is 5.56 Å². The van der Waals surface area contributed by atoms with E-state index >= 15 is 0 Å². The van der Waals surface area contributed by atoms with Crippen LogP contribution >= 0.6 is 0 Å². The molecule has 0 radical (unpaired) electrons. The summed E-state index contributed by atoms with van der Waals surface area (Å²) in [6.07, 6.45) is -6.85. The van der Waals surface area contributed by atoms with Gasteiger partial charge in [0.1, 0.15) is 0 Å². The largest absolute Gasteiger partial charge is 0.417 e. The molecule has 0 aliphatic carbocycles. The first kappa shape index (κ1) is 17.7. The zero-order chi connectivity index (χ0) is 17.8. The highest BCUT2D eigenvalue weighted by Gasteiger charge is 2.33. The molecule has 0 spiro atoms. The summed E-state index contributed by atoms with van der Waals surface area (Å²) >= 11 is 0. The third-order valence-corrected chi connectivity index (χ3v) is 3.05. The van der Waals surface area contributed by atoms with E-state index in [4.69, 9.17) is 0 Å². The smallest absolute Gasteiger partial charge is 0.166 e. The molecule has 0 amide bonds. The van der Waals surface area contributed by atoms with E-state index in [9.17, 15) is 26.3 Å². The van der Waals surface area contributed by atoms with Crippen LogP contribution in [0.15, 0.2) is 54.6 Å². The summed E-state index contributed by atoms with van der Waals surface area (Å²) in [5.74, 6) is 4.65. The standard InChI is InChI=1S/C18H10F6/c19-17(20,21)15-11-5-3-9-13(15)7-1-2-8-14-10-4-6-12-16(14)18(22,23)24/h1,3-7,9-12H/b7-1+. The van der Waals surface area contributed by atoms with Gasteiger partial charge in [-0.25, -0.2) is 0 Å². The number of allylic oxidation sites excluding steroid dienone is 1. The minimum atomic E-state index is -4.54. The third-order valence-electron chi connectivity index (χ3n) is 3.05. The van der Waals surface area contributed by atoms with E-state index in [0.717, 1.165) is 24.3 Å². The lowest BCUT2D eigenvalue weighted by molar-refractivity contribution is -0.138. The fourth-order valence-corrected chi connectivity index (χ4v) is 1.99. The fraction of sp³-hybridized carbons (Fsp3) is 0.111. The Morgan fingerprint density at radius 2 is 1.25 bits per heavy atom. The first-order valence-corrected chi connectivity index (χ1v) is 6.70. The van der Waals surface area contributed by atoms with Crippen LogP contribution in [-0.2, 0) is 12.4 Å². The predicted octanol–water partition coefficient (Wildman–Crippen LogP) is 5.79. The Morgan fingerprint density at radius 1 is 0.708 bits per heavy atom. The maximum Gasteiger partial charge on any atom is 0.417 e. The Hall–Kier alpha value is -2.68. The lowest BCUT2D eigenvalue weighted by atomic mass is 10.1. The van der Waals surface area contributed by atoms with Crippen molar-refractivity contribution in [2.75, 3.05) is 0 Å². The number of alkyl halides is 6. The summed E-state index contributed by atoms with van der Waals surface area (Å²) in [5.41, 5.74) is -2.07. The van der Waals surface area contributed by atoms with Gasteiger partial charge in [-0.2, -0.15) is 26.3 Å². The molecule has 0 aliphatic rings. The van der Waals surface area contributed by atoms with Gasteiger partial charge in [0.15, 0.2) is 0 Å². The van der Waals surface area contributed by atoms with Crippen molar-refractivity contribution < 1.29 is 26.3 Å². The summed E-state index contributed by atoms with van der Waals surface area (Å²) in [5, 5.41) is 0. The van der Waals surface area contributed by atoms with Crippen LogP contribution in [-0.4, -0.2) is 0 Å². The molecule has 2 aromatic rings. The quantitative estimate of drug-likeness (QED) is 0.455. The van der Waals surface area contributed by atoms with E-state index in [1.54, 1.807) is 0 Å². The van der Waals surface area contributed by atoms with Gasteiger partial charge in [-0.15, -0.1) is 0 Å². The number of hydrogen-bond donors (Lipinski definition) is 0. The number of rotatable bonds is 1. The molecule has 2 rings (SSSR count). The summed E-state index contributed by atoms with van der Waals surface area (Å²) in [4.78, 5) is 0. The second-order valence-corrected chi connectivity index (χ2v) is 4.73. The second-order valence-electron chi connectivity index (χ2n) is 4.73. The van der Waals surface area contributed by atoms with Gasteiger partial charge in [-0.05, 0) is 35.9 Å². The van der Waals surface area contributed by atoms with Gasteiger partial charge in [0.05, 0.1) is 11.1 Å². The van der Waals surface area contributed by atoms with Gasteiger partial charge in [-0.3, -0.25) is 0 Å². The normalized spacial score (nSPS) is 12.1. The topological polar surface area (TPSA) is 0 Å². The Bertz CT molecular complexity index is 800. The lowest BCUT2D eigenvalue weighted by Crippen LogP contribution is -2.07. The molecular weight excluding hydrogens is 330 g/mol. The highest BCUT2D eigenvalue weighted by Crippen LogP contribution is 2.33. The Morgan fingerprint density at radius 3 is 1.88 bits per heavy atom. The molecule has 0 atom stereocenters. The van der Waals surface area contributed by atoms with E-state index < -0.39 is 23.5 Å². The van der Waals surface area contributed by atoms with E-state index in [-0.39, 0.29) is 11.1 Å². The van der Waals surface area contributed by atoms with E-state index in [1.165, 1.54) is 36.4 Å². The monoisotopic (exact) mass is 340 g/mol. The zero-order valence-corrected chi connectivity index (χ0v) is 12.0. The van der Waals surface area contributed by atoms with Crippen LogP contribution in [0.25, 0.3) is 6.08 Å². The molecule has 2 aromatic carbocycles. The van der Waals surface area contributed by atoms with E-state index in [2.05, 4.69) is 11.8 Å². The molecule has 0 saturated heterocycles. The molecule has 0 bridgehead atoms. The van der Waals surface area contributed by atoms with Crippen molar-refractivity contribution in [2.45, 2.75) is 12.4 Å². The maximum atomic E-state index is 12.8. The van der Waals surface area contributed by atoms with Crippen LogP contribution in [0.5, 0.6) is 0 Å². The molecule has 0 heterocycles. The molecule has 0 fully saturated rings. The van der Waals surface area contributed by atoms with Crippen LogP contribution in [0, 0.1) is 11.8 Å². The minimum Gasteiger partial charge on any atom is -0.166 e. The molecule has 0 aromatic heterocycles. The van der Waals surface area contributed by atoms with Crippen LogP contribution in [0.4, 0.5) is 26.3 Å². The van der Waals surface area contributed by atoms with Crippen LogP contribution in [0.2, 0.25) is 0 Å². The molecule has 0 unspecified atom stereocenters. The van der Waals surface area contributed by atoms with Crippen molar-refractivity contribution in [1.82, 2.24) is 0 Å². The van der Waals surface area contributed by atoms with Crippen LogP contribution < -0.4 is 0 Å². The summed E-state index contributed by atoms with van der Waals surface area (Å²) < 4.78 is 76.8. The Kier molecular flexibility index (Phi) is 5.03. The molecule has 0 nitrogen and oxygen atoms in total. The first-order valence-electron chi connectivity index (χ1n) is 6.70. The lowest BCUT2D eigenvalue weighted by Gasteiger charge is -2.09. The van der Waals surface area contributed by atoms with Gasteiger partial charge >= 0.3 is 12.4 Å². The molecule has 0 N–H and O–H groups in total. The molecule has 0 saturated carbocycles. The average molecular weight is 340 g/mol. The summed E-state index contributed by atoms with van der Waals surface area (Å²) in [6.45, 7) is 0. The van der Waals surface area contributed by atoms with Gasteiger partial charge in [0.2, 0.25) is 0 Å². The predicted molar refractivity (Wildman–Crippen MR) is 78.8 cm³/mol. The third kappa shape index (κ3) is 4.42. The van der Waals surface area contributed by atoms with Gasteiger partial charge < -0.3 is 0 Å². The molecule has 6 heteroatoms. The van der Waals surface area contributed by atoms with Crippen LogP contribution in [0.3, 0.4) is 0 Å². The zero-order valence-electron chi connectivity index (χ0n) is 12.0. The van der Waals surface area contributed by atoms with Crippen molar-refractivity contribution in [1.29, 1.82) is 0 Å². The Balaban J connectivity index is 2.29. The average Bonchev–Trinajstić information content (AvgIpc) is 2.50. The highest BCUT2D eigenvalue weighted by atomic mass is 19.4. The SMILES string of the molecule is FC(F)(F)c1ccccc1C#C/C=C/c1ccccc1C(F)(F)F. The number of halogens is 6. The molecule has 0 aliphatic heterocycles. The molecule has 24 heavy (non-hydrogen) atoms. The van der Waals surface area contributed by atoms with Crippen molar-refractivity contribution in [3.63, 3.8) is 0 Å². The van der Waals surface area contributed by atoms with Crippen molar-refractivity contribution >= 4 is 6.08 Å². The van der Waals surface area contributed by atoms with Crippen molar-refractivity contribution in [3.05, 3.63) is 76.9 Å².